The maximum atomic E-state index is 12.8. The van der Waals surface area contributed by atoms with Crippen molar-refractivity contribution in [3.8, 4) is 11.1 Å². The minimum Gasteiger partial charge on any atom is -0.481 e. The second-order valence-corrected chi connectivity index (χ2v) is 9.48. The molecule has 5 rings (SSSR count). The molecule has 4 atom stereocenters. The van der Waals surface area contributed by atoms with Crippen molar-refractivity contribution < 1.29 is 24.2 Å². The van der Waals surface area contributed by atoms with Crippen molar-refractivity contribution in [2.75, 3.05) is 19.7 Å². The lowest BCUT2D eigenvalue weighted by molar-refractivity contribution is -0.141. The molecule has 1 saturated heterocycles. The first-order valence-corrected chi connectivity index (χ1v) is 11.5. The number of ether oxygens (including phenoxy) is 1. The first kappa shape index (κ1) is 21.5. The molecule has 2 aromatic rings. The van der Waals surface area contributed by atoms with E-state index in [1.165, 1.54) is 11.1 Å². The predicted molar refractivity (Wildman–Crippen MR) is 122 cm³/mol. The van der Waals surface area contributed by atoms with Gasteiger partial charge in [0.25, 0.3) is 0 Å². The molecule has 2 aliphatic carbocycles. The molecule has 0 radical (unpaired) electrons. The van der Waals surface area contributed by atoms with E-state index in [1.54, 1.807) is 18.7 Å². The van der Waals surface area contributed by atoms with Crippen LogP contribution in [-0.2, 0) is 14.3 Å². The van der Waals surface area contributed by atoms with Gasteiger partial charge in [-0.05, 0) is 41.0 Å². The average molecular weight is 449 g/mol. The second kappa shape index (κ2) is 8.21. The highest BCUT2D eigenvalue weighted by molar-refractivity contribution is 5.82. The molecule has 1 aliphatic heterocycles. The molecule has 1 heterocycles. The van der Waals surface area contributed by atoms with Crippen LogP contribution in [-0.4, -0.2) is 53.7 Å². The number of carbonyl (C=O) groups is 3. The number of rotatable bonds is 6. The van der Waals surface area contributed by atoms with Crippen molar-refractivity contribution in [3.63, 3.8) is 0 Å². The molecule has 0 spiro atoms. The fourth-order valence-electron chi connectivity index (χ4n) is 5.53. The number of piperidine rings is 1. The summed E-state index contributed by atoms with van der Waals surface area (Å²) in [4.78, 5) is 38.2. The summed E-state index contributed by atoms with van der Waals surface area (Å²) >= 11 is 0. The molecule has 2 amide bonds. The number of likely N-dealkylation sites (tertiary alicyclic amines) is 1. The van der Waals surface area contributed by atoms with Gasteiger partial charge in [-0.25, -0.2) is 4.79 Å². The van der Waals surface area contributed by atoms with Crippen LogP contribution in [0.4, 0.5) is 4.79 Å². The standard InChI is InChI=1S/C26H28N2O5/c1-14(24(29)28-11-20-21(12-28)23(20)25(30)31)15(2)27-26(32)33-13-22-18-9-5-3-7-16(18)17-8-4-6-10-19(17)22/h3-10,14-15,20-23H,11-13H2,1-2H3,(H,27,32)(H,30,31). The van der Waals surface area contributed by atoms with Crippen LogP contribution in [0.2, 0.25) is 0 Å². The number of benzene rings is 2. The zero-order valence-electron chi connectivity index (χ0n) is 18.7. The molecule has 0 bridgehead atoms. The van der Waals surface area contributed by atoms with E-state index >= 15 is 0 Å². The van der Waals surface area contributed by atoms with Gasteiger partial charge in [0.05, 0.1) is 11.8 Å². The number of alkyl carbamates (subject to hydrolysis) is 1. The summed E-state index contributed by atoms with van der Waals surface area (Å²) in [7, 11) is 0. The first-order valence-electron chi connectivity index (χ1n) is 11.5. The highest BCUT2D eigenvalue weighted by Crippen LogP contribution is 2.52. The number of amides is 2. The van der Waals surface area contributed by atoms with E-state index in [2.05, 4.69) is 29.6 Å². The van der Waals surface area contributed by atoms with Gasteiger partial charge in [-0.3, -0.25) is 9.59 Å². The number of nitrogens with one attached hydrogen (secondary N) is 1. The van der Waals surface area contributed by atoms with Crippen molar-refractivity contribution in [2.24, 2.45) is 23.7 Å². The van der Waals surface area contributed by atoms with Crippen LogP contribution in [0.1, 0.15) is 30.9 Å². The van der Waals surface area contributed by atoms with Crippen LogP contribution in [0.25, 0.3) is 11.1 Å². The number of carboxylic acids is 1. The molecule has 2 fully saturated rings. The van der Waals surface area contributed by atoms with Gasteiger partial charge in [0, 0.05) is 25.0 Å². The number of fused-ring (bicyclic) bond motifs is 4. The molecule has 172 valence electrons. The summed E-state index contributed by atoms with van der Waals surface area (Å²) in [6.45, 7) is 4.78. The summed E-state index contributed by atoms with van der Waals surface area (Å²) in [6.07, 6.45) is -0.542. The van der Waals surface area contributed by atoms with Crippen molar-refractivity contribution in [1.82, 2.24) is 10.2 Å². The number of hydrogen-bond acceptors (Lipinski definition) is 4. The molecule has 3 aliphatic rings. The Labute approximate surface area is 192 Å². The van der Waals surface area contributed by atoms with Crippen molar-refractivity contribution in [1.29, 1.82) is 0 Å². The monoisotopic (exact) mass is 448 g/mol. The van der Waals surface area contributed by atoms with Crippen LogP contribution in [0.5, 0.6) is 0 Å². The third-order valence-electron chi connectivity index (χ3n) is 7.62. The lowest BCUT2D eigenvalue weighted by Gasteiger charge is -2.27. The molecule has 7 heteroatoms. The van der Waals surface area contributed by atoms with Gasteiger partial charge in [-0.15, -0.1) is 0 Å². The van der Waals surface area contributed by atoms with Crippen LogP contribution in [0, 0.1) is 23.7 Å². The van der Waals surface area contributed by atoms with Crippen molar-refractivity contribution in [2.45, 2.75) is 25.8 Å². The van der Waals surface area contributed by atoms with Crippen LogP contribution >= 0.6 is 0 Å². The molecule has 2 aromatic carbocycles. The minimum absolute atomic E-state index is 0.0176. The second-order valence-electron chi connectivity index (χ2n) is 9.48. The Morgan fingerprint density at radius 1 is 1.00 bits per heavy atom. The largest absolute Gasteiger partial charge is 0.481 e. The van der Waals surface area contributed by atoms with E-state index in [4.69, 9.17) is 9.84 Å². The van der Waals surface area contributed by atoms with Gasteiger partial charge < -0.3 is 20.1 Å². The van der Waals surface area contributed by atoms with E-state index in [-0.39, 0.29) is 36.2 Å². The van der Waals surface area contributed by atoms with Gasteiger partial charge in [0.15, 0.2) is 0 Å². The Morgan fingerprint density at radius 3 is 2.09 bits per heavy atom. The molecule has 2 N–H and O–H groups in total. The van der Waals surface area contributed by atoms with Gasteiger partial charge in [-0.2, -0.15) is 0 Å². The highest BCUT2D eigenvalue weighted by atomic mass is 16.5. The molecule has 33 heavy (non-hydrogen) atoms. The summed E-state index contributed by atoms with van der Waals surface area (Å²) in [6, 6.07) is 15.9. The average Bonchev–Trinajstić information content (AvgIpc) is 3.17. The number of hydrogen-bond donors (Lipinski definition) is 2. The number of carboxylic acid groups (broad SMARTS) is 1. The van der Waals surface area contributed by atoms with E-state index in [0.29, 0.717) is 13.1 Å². The fourth-order valence-corrected chi connectivity index (χ4v) is 5.53. The van der Waals surface area contributed by atoms with Gasteiger partial charge in [0.1, 0.15) is 6.61 Å². The SMILES string of the molecule is CC(NC(=O)OCC1c2ccccc2-c2ccccc21)C(C)C(=O)N1CC2C(C1)C2C(=O)O. The van der Waals surface area contributed by atoms with Gasteiger partial charge in [-0.1, -0.05) is 55.5 Å². The zero-order chi connectivity index (χ0) is 23.3. The molecule has 1 saturated carbocycles. The number of nitrogens with zero attached hydrogens (tertiary/aromatic N) is 1. The van der Waals surface area contributed by atoms with Gasteiger partial charge >= 0.3 is 12.1 Å². The molecular formula is C26H28N2O5. The summed E-state index contributed by atoms with van der Waals surface area (Å²) < 4.78 is 5.59. The molecular weight excluding hydrogens is 420 g/mol. The van der Waals surface area contributed by atoms with E-state index in [1.807, 2.05) is 24.3 Å². The number of aliphatic carboxylic acids is 1. The topological polar surface area (TPSA) is 95.9 Å². The maximum absolute atomic E-state index is 12.8. The Bertz CT molecular complexity index is 1060. The van der Waals surface area contributed by atoms with E-state index in [0.717, 1.165) is 11.1 Å². The Balaban J connectivity index is 1.15. The quantitative estimate of drug-likeness (QED) is 0.707. The van der Waals surface area contributed by atoms with Crippen LogP contribution < -0.4 is 5.32 Å². The third-order valence-corrected chi connectivity index (χ3v) is 7.62. The predicted octanol–water partition coefficient (Wildman–Crippen LogP) is 3.34. The molecule has 7 nitrogen and oxygen atoms in total. The number of carbonyl (C=O) groups excluding carboxylic acids is 2. The van der Waals surface area contributed by atoms with Crippen molar-refractivity contribution in [3.05, 3.63) is 59.7 Å². The molecule has 4 unspecified atom stereocenters. The normalized spacial score (nSPS) is 24.3. The lowest BCUT2D eigenvalue weighted by Crippen LogP contribution is -2.46. The van der Waals surface area contributed by atoms with Gasteiger partial charge in [0.2, 0.25) is 5.91 Å². The lowest BCUT2D eigenvalue weighted by atomic mass is 9.98. The van der Waals surface area contributed by atoms with E-state index in [9.17, 15) is 14.4 Å². The Morgan fingerprint density at radius 2 is 1.55 bits per heavy atom. The Hall–Kier alpha value is -3.35. The smallest absolute Gasteiger partial charge is 0.407 e. The summed E-state index contributed by atoms with van der Waals surface area (Å²) in [5.74, 6) is -1.43. The summed E-state index contributed by atoms with van der Waals surface area (Å²) in [5.41, 5.74) is 4.64. The van der Waals surface area contributed by atoms with Crippen LogP contribution in [0.3, 0.4) is 0 Å². The highest BCUT2D eigenvalue weighted by Gasteiger charge is 2.60. The van der Waals surface area contributed by atoms with Crippen LogP contribution in [0.15, 0.2) is 48.5 Å². The summed E-state index contributed by atoms with van der Waals surface area (Å²) in [5, 5.41) is 12.0. The minimum atomic E-state index is -0.768. The third kappa shape index (κ3) is 3.75. The zero-order valence-corrected chi connectivity index (χ0v) is 18.7. The Kier molecular flexibility index (Phi) is 5.35. The van der Waals surface area contributed by atoms with Crippen molar-refractivity contribution >= 4 is 18.0 Å². The van der Waals surface area contributed by atoms with E-state index < -0.39 is 24.0 Å². The fraction of sp³-hybridized carbons (Fsp3) is 0.423. The first-order chi connectivity index (χ1) is 15.9. The molecule has 0 aromatic heterocycles. The maximum Gasteiger partial charge on any atom is 0.407 e.